The van der Waals surface area contributed by atoms with Gasteiger partial charge in [0.25, 0.3) is 11.8 Å². The van der Waals surface area contributed by atoms with Crippen LogP contribution in [-0.2, 0) is 11.3 Å². The maximum atomic E-state index is 12.8. The Hall–Kier alpha value is -4.53. The summed E-state index contributed by atoms with van der Waals surface area (Å²) >= 11 is 0. The molecule has 9 nitrogen and oxygen atoms in total. The summed E-state index contributed by atoms with van der Waals surface area (Å²) in [5, 5.41) is 5.64. The van der Waals surface area contributed by atoms with Crippen molar-refractivity contribution < 1.29 is 33.3 Å². The number of hydrogen-bond acceptors (Lipinski definition) is 7. The minimum Gasteiger partial charge on any atom is -0.496 e. The first-order chi connectivity index (χ1) is 16.9. The molecular weight excluding hydrogens is 452 g/mol. The number of benzene rings is 3. The van der Waals surface area contributed by atoms with Gasteiger partial charge in [-0.3, -0.25) is 9.59 Å². The Balaban J connectivity index is 1.56. The van der Waals surface area contributed by atoms with E-state index in [-0.39, 0.29) is 30.7 Å². The molecule has 0 aliphatic carbocycles. The minimum atomic E-state index is -0.800. The average Bonchev–Trinajstić information content (AvgIpc) is 2.88. The van der Waals surface area contributed by atoms with E-state index in [1.54, 1.807) is 61.5 Å². The molecule has 0 heterocycles. The molecule has 3 aromatic rings. The number of rotatable bonds is 9. The molecule has 0 spiro atoms. The van der Waals surface area contributed by atoms with E-state index in [4.69, 9.17) is 18.9 Å². The molecular formula is C26H26N2O7. The van der Waals surface area contributed by atoms with Crippen LogP contribution in [0.2, 0.25) is 0 Å². The molecule has 9 heteroatoms. The van der Waals surface area contributed by atoms with Gasteiger partial charge in [0.2, 0.25) is 0 Å². The van der Waals surface area contributed by atoms with E-state index in [1.807, 2.05) is 0 Å². The standard InChI is InChI=1S/C26H26N2O7/c1-4-34-26(31)35-20-14-10-18(11-15-20)24(29)27-16-17-8-12-19(13-9-17)28-25(30)23-21(32-2)6-5-7-22(23)33-3/h5-15H,4,16H2,1-3H3,(H,27,29)(H,28,30). The molecule has 2 N–H and O–H groups in total. The predicted molar refractivity (Wildman–Crippen MR) is 129 cm³/mol. The topological polar surface area (TPSA) is 112 Å². The second kappa shape index (κ2) is 12.1. The zero-order valence-corrected chi connectivity index (χ0v) is 19.6. The van der Waals surface area contributed by atoms with Gasteiger partial charge in [-0.25, -0.2) is 4.79 Å². The van der Waals surface area contributed by atoms with Crippen LogP contribution in [-0.4, -0.2) is 38.8 Å². The van der Waals surface area contributed by atoms with Gasteiger partial charge in [-0.1, -0.05) is 18.2 Å². The van der Waals surface area contributed by atoms with Gasteiger partial charge in [-0.05, 0) is 61.0 Å². The van der Waals surface area contributed by atoms with E-state index in [0.717, 1.165) is 5.56 Å². The Morgan fingerprint density at radius 3 is 2.00 bits per heavy atom. The van der Waals surface area contributed by atoms with Gasteiger partial charge in [-0.15, -0.1) is 0 Å². The van der Waals surface area contributed by atoms with E-state index < -0.39 is 6.16 Å². The summed E-state index contributed by atoms with van der Waals surface area (Å²) in [4.78, 5) is 36.5. The zero-order valence-electron chi connectivity index (χ0n) is 19.6. The average molecular weight is 479 g/mol. The quantitative estimate of drug-likeness (QED) is 0.346. The van der Waals surface area contributed by atoms with Crippen LogP contribution in [0.1, 0.15) is 33.2 Å². The third kappa shape index (κ3) is 6.73. The maximum absolute atomic E-state index is 12.8. The maximum Gasteiger partial charge on any atom is 0.513 e. The summed E-state index contributed by atoms with van der Waals surface area (Å²) in [5.74, 6) is 0.441. The van der Waals surface area contributed by atoms with Gasteiger partial charge in [0.05, 0.1) is 20.8 Å². The zero-order chi connectivity index (χ0) is 25.2. The molecule has 2 amide bonds. The summed E-state index contributed by atoms with van der Waals surface area (Å²) in [6.07, 6.45) is -0.800. The molecule has 0 aliphatic heterocycles. The summed E-state index contributed by atoms with van der Waals surface area (Å²) in [5.41, 5.74) is 2.13. The number of nitrogens with one attached hydrogen (secondary N) is 2. The molecule has 0 atom stereocenters. The van der Waals surface area contributed by atoms with Crippen LogP contribution in [0.25, 0.3) is 0 Å². The van der Waals surface area contributed by atoms with Crippen molar-refractivity contribution in [3.8, 4) is 17.2 Å². The van der Waals surface area contributed by atoms with Crippen LogP contribution in [0.3, 0.4) is 0 Å². The van der Waals surface area contributed by atoms with Crippen LogP contribution in [0.5, 0.6) is 17.2 Å². The Morgan fingerprint density at radius 2 is 1.43 bits per heavy atom. The molecule has 0 fully saturated rings. The molecule has 182 valence electrons. The lowest BCUT2D eigenvalue weighted by atomic mass is 10.1. The Kier molecular flexibility index (Phi) is 8.66. The summed E-state index contributed by atoms with van der Waals surface area (Å²) < 4.78 is 20.2. The normalized spacial score (nSPS) is 10.1. The number of ether oxygens (including phenoxy) is 4. The first-order valence-electron chi connectivity index (χ1n) is 10.8. The third-order valence-corrected chi connectivity index (χ3v) is 4.90. The second-order valence-electron chi connectivity index (χ2n) is 7.18. The van der Waals surface area contributed by atoms with Gasteiger partial charge < -0.3 is 29.6 Å². The molecule has 3 aromatic carbocycles. The number of anilines is 1. The van der Waals surface area contributed by atoms with Crippen LogP contribution in [0.4, 0.5) is 10.5 Å². The molecule has 0 radical (unpaired) electrons. The van der Waals surface area contributed by atoms with Crippen molar-refractivity contribution in [1.82, 2.24) is 5.32 Å². The van der Waals surface area contributed by atoms with Gasteiger partial charge >= 0.3 is 6.16 Å². The Morgan fingerprint density at radius 1 is 0.800 bits per heavy atom. The number of methoxy groups -OCH3 is 2. The number of carbonyl (C=O) groups excluding carboxylic acids is 3. The van der Waals surface area contributed by atoms with Gasteiger partial charge in [0.15, 0.2) is 0 Å². The largest absolute Gasteiger partial charge is 0.513 e. The van der Waals surface area contributed by atoms with Gasteiger partial charge in [0.1, 0.15) is 22.8 Å². The van der Waals surface area contributed by atoms with Crippen molar-refractivity contribution in [2.24, 2.45) is 0 Å². The van der Waals surface area contributed by atoms with Crippen molar-refractivity contribution in [2.75, 3.05) is 26.1 Å². The highest BCUT2D eigenvalue weighted by atomic mass is 16.7. The van der Waals surface area contributed by atoms with E-state index in [0.29, 0.717) is 28.3 Å². The van der Waals surface area contributed by atoms with Crippen LogP contribution < -0.4 is 24.8 Å². The summed E-state index contributed by atoms with van der Waals surface area (Å²) in [6.45, 7) is 2.18. The van der Waals surface area contributed by atoms with E-state index >= 15 is 0 Å². The smallest absolute Gasteiger partial charge is 0.496 e. The lowest BCUT2D eigenvalue weighted by Gasteiger charge is -2.13. The fraction of sp³-hybridized carbons (Fsp3) is 0.192. The lowest BCUT2D eigenvalue weighted by molar-refractivity contribution is 0.0950. The molecule has 3 rings (SSSR count). The first kappa shape index (κ1) is 25.1. The highest BCUT2D eigenvalue weighted by Gasteiger charge is 2.18. The highest BCUT2D eigenvalue weighted by molar-refractivity contribution is 6.08. The van der Waals surface area contributed by atoms with Gasteiger partial charge in [0, 0.05) is 17.8 Å². The van der Waals surface area contributed by atoms with E-state index in [2.05, 4.69) is 10.6 Å². The van der Waals surface area contributed by atoms with Crippen molar-refractivity contribution >= 4 is 23.7 Å². The molecule has 0 aromatic heterocycles. The number of hydrogen-bond donors (Lipinski definition) is 2. The fourth-order valence-electron chi connectivity index (χ4n) is 3.18. The van der Waals surface area contributed by atoms with Crippen molar-refractivity contribution in [3.63, 3.8) is 0 Å². The molecule has 0 saturated heterocycles. The third-order valence-electron chi connectivity index (χ3n) is 4.90. The molecule has 0 unspecified atom stereocenters. The number of amides is 2. The van der Waals surface area contributed by atoms with E-state index in [1.165, 1.54) is 26.4 Å². The Bertz CT molecular complexity index is 1150. The van der Waals surface area contributed by atoms with E-state index in [9.17, 15) is 14.4 Å². The van der Waals surface area contributed by atoms with Crippen molar-refractivity contribution in [3.05, 3.63) is 83.4 Å². The molecule has 35 heavy (non-hydrogen) atoms. The fourth-order valence-corrected chi connectivity index (χ4v) is 3.18. The van der Waals surface area contributed by atoms with Crippen LogP contribution in [0, 0.1) is 0 Å². The first-order valence-corrected chi connectivity index (χ1v) is 10.8. The van der Waals surface area contributed by atoms with Crippen molar-refractivity contribution in [2.45, 2.75) is 13.5 Å². The summed E-state index contributed by atoms with van der Waals surface area (Å²) in [6, 6.07) is 18.3. The predicted octanol–water partition coefficient (Wildman–Crippen LogP) is 4.42. The molecule has 0 bridgehead atoms. The minimum absolute atomic E-state index is 0.212. The SMILES string of the molecule is CCOC(=O)Oc1ccc(C(=O)NCc2ccc(NC(=O)c3c(OC)cccc3OC)cc2)cc1. The monoisotopic (exact) mass is 478 g/mol. The van der Waals surface area contributed by atoms with Gasteiger partial charge in [-0.2, -0.15) is 0 Å². The van der Waals surface area contributed by atoms with Crippen molar-refractivity contribution in [1.29, 1.82) is 0 Å². The number of carbonyl (C=O) groups is 3. The lowest BCUT2D eigenvalue weighted by Crippen LogP contribution is -2.22. The highest BCUT2D eigenvalue weighted by Crippen LogP contribution is 2.29. The Labute approximate surface area is 203 Å². The van der Waals surface area contributed by atoms with Crippen LogP contribution >= 0.6 is 0 Å². The van der Waals surface area contributed by atoms with Crippen LogP contribution in [0.15, 0.2) is 66.7 Å². The second-order valence-corrected chi connectivity index (χ2v) is 7.18. The molecule has 0 aliphatic rings. The summed E-state index contributed by atoms with van der Waals surface area (Å²) in [7, 11) is 2.97. The molecule has 0 saturated carbocycles.